The van der Waals surface area contributed by atoms with Gasteiger partial charge in [0.15, 0.2) is 0 Å². The smallest absolute Gasteiger partial charge is 0.207 e. The van der Waals surface area contributed by atoms with Crippen LogP contribution in [0.1, 0.15) is 10.4 Å². The van der Waals surface area contributed by atoms with Crippen LogP contribution >= 0.6 is 27.3 Å². The third-order valence-corrected chi connectivity index (χ3v) is 5.65. The normalized spacial score (nSPS) is 11.7. The Morgan fingerprint density at radius 2 is 2.11 bits per heavy atom. The van der Waals surface area contributed by atoms with Crippen molar-refractivity contribution in [2.45, 2.75) is 18.4 Å². The van der Waals surface area contributed by atoms with E-state index in [1.54, 1.807) is 18.2 Å². The first-order valence-corrected chi connectivity index (χ1v) is 8.43. The highest BCUT2D eigenvalue weighted by molar-refractivity contribution is 9.10. The highest BCUT2D eigenvalue weighted by atomic mass is 79.9. The van der Waals surface area contributed by atoms with Gasteiger partial charge in [-0.1, -0.05) is 12.1 Å². The Morgan fingerprint density at radius 3 is 2.72 bits per heavy atom. The maximum Gasteiger partial charge on any atom is 0.242 e. The van der Waals surface area contributed by atoms with E-state index < -0.39 is 10.0 Å². The van der Waals surface area contributed by atoms with Crippen molar-refractivity contribution in [2.24, 2.45) is 0 Å². The Bertz CT molecular complexity index is 636. The molecule has 2 aromatic rings. The second kappa shape index (κ2) is 5.52. The first-order valence-electron chi connectivity index (χ1n) is 5.27. The predicted octanol–water partition coefficient (Wildman–Crippen LogP) is 3.30. The maximum atomic E-state index is 12.1. The molecule has 3 nitrogen and oxygen atoms in total. The van der Waals surface area contributed by atoms with E-state index in [0.29, 0.717) is 11.0 Å². The summed E-state index contributed by atoms with van der Waals surface area (Å²) in [6.45, 7) is 2.24. The quantitative estimate of drug-likeness (QED) is 0.923. The van der Waals surface area contributed by atoms with Crippen molar-refractivity contribution >= 4 is 37.3 Å². The van der Waals surface area contributed by atoms with Crippen LogP contribution in [0.15, 0.2) is 45.1 Å². The first kappa shape index (κ1) is 13.7. The van der Waals surface area contributed by atoms with Gasteiger partial charge < -0.3 is 0 Å². The molecule has 2 rings (SSSR count). The molecule has 1 N–H and O–H groups in total. The zero-order valence-corrected chi connectivity index (χ0v) is 12.9. The summed E-state index contributed by atoms with van der Waals surface area (Å²) in [5.74, 6) is 0. The number of thiophene rings is 1. The summed E-state index contributed by atoms with van der Waals surface area (Å²) in [5, 5.41) is 1.92. The van der Waals surface area contributed by atoms with E-state index in [9.17, 15) is 8.42 Å². The lowest BCUT2D eigenvalue weighted by atomic mass is 10.2. The van der Waals surface area contributed by atoms with Crippen molar-refractivity contribution < 1.29 is 8.42 Å². The molecule has 0 amide bonds. The van der Waals surface area contributed by atoms with Gasteiger partial charge in [-0.15, -0.1) is 11.3 Å². The molecule has 1 heterocycles. The number of aryl methyl sites for hydroxylation is 1. The number of rotatable bonds is 4. The van der Waals surface area contributed by atoms with Gasteiger partial charge in [-0.05, 0) is 52.0 Å². The van der Waals surface area contributed by atoms with E-state index in [0.717, 1.165) is 10.4 Å². The van der Waals surface area contributed by atoms with Crippen LogP contribution in [0.5, 0.6) is 0 Å². The minimum atomic E-state index is -3.47. The lowest BCUT2D eigenvalue weighted by molar-refractivity contribution is 0.581. The van der Waals surface area contributed by atoms with E-state index in [1.165, 1.54) is 11.3 Å². The Kier molecular flexibility index (Phi) is 4.21. The lowest BCUT2D eigenvalue weighted by Crippen LogP contribution is -2.23. The summed E-state index contributed by atoms with van der Waals surface area (Å²) in [5.41, 5.74) is 1.01. The summed E-state index contributed by atoms with van der Waals surface area (Å²) in [6.07, 6.45) is 0. The van der Waals surface area contributed by atoms with E-state index in [4.69, 9.17) is 0 Å². The topological polar surface area (TPSA) is 46.2 Å². The van der Waals surface area contributed by atoms with E-state index in [2.05, 4.69) is 20.7 Å². The van der Waals surface area contributed by atoms with Gasteiger partial charge in [0.1, 0.15) is 0 Å². The SMILES string of the molecule is Cc1ccc(S(=O)(=O)NCc2cccs2)c(Br)c1. The fourth-order valence-corrected chi connectivity index (χ4v) is 4.41. The molecule has 1 aromatic heterocycles. The van der Waals surface area contributed by atoms with Crippen molar-refractivity contribution in [1.29, 1.82) is 0 Å². The summed E-state index contributed by atoms with van der Waals surface area (Å²) in [6, 6.07) is 8.98. The van der Waals surface area contributed by atoms with Crippen LogP contribution in [0.3, 0.4) is 0 Å². The molecule has 18 heavy (non-hydrogen) atoms. The molecule has 0 bridgehead atoms. The highest BCUT2D eigenvalue weighted by Crippen LogP contribution is 2.23. The largest absolute Gasteiger partial charge is 0.242 e. The molecular weight excluding hydrogens is 334 g/mol. The second-order valence-corrected chi connectivity index (χ2v) is 7.46. The molecule has 0 saturated heterocycles. The summed E-state index contributed by atoms with van der Waals surface area (Å²) in [7, 11) is -3.47. The minimum absolute atomic E-state index is 0.268. The number of hydrogen-bond acceptors (Lipinski definition) is 3. The van der Waals surface area contributed by atoms with Crippen molar-refractivity contribution in [2.75, 3.05) is 0 Å². The maximum absolute atomic E-state index is 12.1. The van der Waals surface area contributed by atoms with Gasteiger partial charge in [-0.2, -0.15) is 0 Å². The van der Waals surface area contributed by atoms with Crippen molar-refractivity contribution in [1.82, 2.24) is 4.72 Å². The fraction of sp³-hybridized carbons (Fsp3) is 0.167. The van der Waals surface area contributed by atoms with Gasteiger partial charge in [0.2, 0.25) is 10.0 Å². The van der Waals surface area contributed by atoms with Crippen LogP contribution in [0.25, 0.3) is 0 Å². The lowest BCUT2D eigenvalue weighted by Gasteiger charge is -2.08. The van der Waals surface area contributed by atoms with Crippen LogP contribution in [-0.2, 0) is 16.6 Å². The molecule has 0 fully saturated rings. The molecule has 0 saturated carbocycles. The number of hydrogen-bond donors (Lipinski definition) is 1. The van der Waals surface area contributed by atoms with Gasteiger partial charge in [-0.3, -0.25) is 0 Å². The number of nitrogens with one attached hydrogen (secondary N) is 1. The highest BCUT2D eigenvalue weighted by Gasteiger charge is 2.17. The van der Waals surface area contributed by atoms with Crippen molar-refractivity contribution in [3.63, 3.8) is 0 Å². The van der Waals surface area contributed by atoms with E-state index in [1.807, 2.05) is 24.4 Å². The Balaban J connectivity index is 2.20. The number of benzene rings is 1. The number of halogens is 1. The molecule has 0 spiro atoms. The van der Waals surface area contributed by atoms with Crippen molar-refractivity contribution in [3.05, 3.63) is 50.6 Å². The van der Waals surface area contributed by atoms with Crippen LogP contribution in [0.2, 0.25) is 0 Å². The van der Waals surface area contributed by atoms with Crippen LogP contribution in [-0.4, -0.2) is 8.42 Å². The first-order chi connectivity index (χ1) is 8.49. The van der Waals surface area contributed by atoms with E-state index >= 15 is 0 Å². The molecule has 0 aliphatic carbocycles. The molecular formula is C12H12BrNO2S2. The summed E-state index contributed by atoms with van der Waals surface area (Å²) >= 11 is 4.81. The van der Waals surface area contributed by atoms with Gasteiger partial charge in [0.05, 0.1) is 4.90 Å². The zero-order valence-electron chi connectivity index (χ0n) is 9.68. The summed E-state index contributed by atoms with van der Waals surface area (Å²) in [4.78, 5) is 1.26. The van der Waals surface area contributed by atoms with Gasteiger partial charge >= 0.3 is 0 Å². The Morgan fingerprint density at radius 1 is 1.33 bits per heavy atom. The molecule has 0 aliphatic heterocycles. The molecule has 0 aliphatic rings. The number of sulfonamides is 1. The monoisotopic (exact) mass is 345 g/mol. The standard InChI is InChI=1S/C12H12BrNO2S2/c1-9-4-5-12(11(13)7-9)18(15,16)14-8-10-3-2-6-17-10/h2-7,14H,8H2,1H3. The molecule has 0 unspecified atom stereocenters. The predicted molar refractivity (Wildman–Crippen MR) is 77.2 cm³/mol. The van der Waals surface area contributed by atoms with Crippen LogP contribution in [0.4, 0.5) is 0 Å². The van der Waals surface area contributed by atoms with E-state index in [-0.39, 0.29) is 4.90 Å². The molecule has 6 heteroatoms. The molecule has 0 radical (unpaired) electrons. The molecule has 0 atom stereocenters. The second-order valence-electron chi connectivity index (χ2n) is 3.84. The fourth-order valence-electron chi connectivity index (χ4n) is 1.48. The molecule has 96 valence electrons. The Hall–Kier alpha value is -0.690. The average Bonchev–Trinajstić information content (AvgIpc) is 2.78. The van der Waals surface area contributed by atoms with Crippen LogP contribution in [0, 0.1) is 6.92 Å². The van der Waals surface area contributed by atoms with Gasteiger partial charge in [0, 0.05) is 15.9 Å². The van der Waals surface area contributed by atoms with Gasteiger partial charge in [-0.25, -0.2) is 13.1 Å². The third kappa shape index (κ3) is 3.20. The van der Waals surface area contributed by atoms with Gasteiger partial charge in [0.25, 0.3) is 0 Å². The third-order valence-electron chi connectivity index (χ3n) is 2.39. The zero-order chi connectivity index (χ0) is 13.2. The Labute approximate surface area is 119 Å². The minimum Gasteiger partial charge on any atom is -0.207 e. The van der Waals surface area contributed by atoms with Crippen LogP contribution < -0.4 is 4.72 Å². The average molecular weight is 346 g/mol. The molecule has 1 aromatic carbocycles. The summed E-state index contributed by atoms with van der Waals surface area (Å²) < 4.78 is 27.4. The van der Waals surface area contributed by atoms with Crippen molar-refractivity contribution in [3.8, 4) is 0 Å².